The largest absolute Gasteiger partial charge is 0.487 e. The molecule has 0 aromatic heterocycles. The van der Waals surface area contributed by atoms with Crippen molar-refractivity contribution in [3.05, 3.63) is 65.2 Å². The van der Waals surface area contributed by atoms with Gasteiger partial charge >= 0.3 is 0 Å². The monoisotopic (exact) mass is 322 g/mol. The molecule has 0 aliphatic heterocycles. The Morgan fingerprint density at radius 3 is 2.67 bits per heavy atom. The smallest absolute Gasteiger partial charge is 0.244 e. The van der Waals surface area contributed by atoms with E-state index >= 15 is 0 Å². The third-order valence-corrected chi connectivity index (χ3v) is 3.90. The third-order valence-electron chi connectivity index (χ3n) is 3.90. The van der Waals surface area contributed by atoms with Crippen molar-refractivity contribution in [1.82, 2.24) is 5.32 Å². The molecule has 0 heterocycles. The maximum absolute atomic E-state index is 11.6. The topological polar surface area (TPSA) is 64.3 Å². The first-order chi connectivity index (χ1) is 11.6. The Morgan fingerprint density at radius 1 is 1.25 bits per heavy atom. The zero-order valence-corrected chi connectivity index (χ0v) is 13.8. The van der Waals surface area contributed by atoms with Gasteiger partial charge in [0.25, 0.3) is 0 Å². The van der Waals surface area contributed by atoms with Gasteiger partial charge in [-0.2, -0.15) is 0 Å². The number of hydrogen-bond acceptors (Lipinski definition) is 3. The Labute approximate surface area is 142 Å². The normalized spacial score (nSPS) is 13.9. The van der Waals surface area contributed by atoms with Crippen molar-refractivity contribution in [3.8, 4) is 5.75 Å². The van der Waals surface area contributed by atoms with Gasteiger partial charge < -0.3 is 15.8 Å². The van der Waals surface area contributed by atoms with Crippen molar-refractivity contribution in [2.45, 2.75) is 32.4 Å². The van der Waals surface area contributed by atoms with E-state index in [9.17, 15) is 4.79 Å². The molecule has 4 nitrogen and oxygen atoms in total. The van der Waals surface area contributed by atoms with Crippen molar-refractivity contribution in [3.63, 3.8) is 0 Å². The number of rotatable bonds is 6. The zero-order valence-electron chi connectivity index (χ0n) is 13.8. The Bertz CT molecular complexity index is 747. The van der Waals surface area contributed by atoms with Crippen LogP contribution in [0.25, 0.3) is 6.08 Å². The summed E-state index contributed by atoms with van der Waals surface area (Å²) in [7, 11) is 0. The Kier molecular flexibility index (Phi) is 4.85. The van der Waals surface area contributed by atoms with Gasteiger partial charge in [0.2, 0.25) is 5.91 Å². The quantitative estimate of drug-likeness (QED) is 0.632. The Morgan fingerprint density at radius 2 is 2.00 bits per heavy atom. The van der Waals surface area contributed by atoms with Gasteiger partial charge in [0.1, 0.15) is 12.4 Å². The molecule has 1 amide bonds. The number of carbonyl (C=O) groups excluding carboxylic acids is 1. The number of anilines is 1. The summed E-state index contributed by atoms with van der Waals surface area (Å²) < 4.78 is 5.78. The molecule has 24 heavy (non-hydrogen) atoms. The lowest BCUT2D eigenvalue weighted by Gasteiger charge is -2.10. The Hall–Kier alpha value is -2.75. The molecule has 2 aromatic rings. The fraction of sp³-hybridized carbons (Fsp3) is 0.250. The average Bonchev–Trinajstić information content (AvgIpc) is 3.37. The van der Waals surface area contributed by atoms with Crippen LogP contribution in [0.5, 0.6) is 5.75 Å². The molecule has 1 fully saturated rings. The SMILES string of the molecule is Cc1ccc(COc2ccc(/C=C\C(=O)NC3CC3)cc2N)cc1. The van der Waals surface area contributed by atoms with E-state index in [0.29, 0.717) is 24.1 Å². The molecule has 0 radical (unpaired) electrons. The molecule has 0 saturated heterocycles. The summed E-state index contributed by atoms with van der Waals surface area (Å²) in [6.07, 6.45) is 5.47. The number of ether oxygens (including phenoxy) is 1. The highest BCUT2D eigenvalue weighted by atomic mass is 16.5. The van der Waals surface area contributed by atoms with Crippen LogP contribution in [0.4, 0.5) is 5.69 Å². The fourth-order valence-electron chi connectivity index (χ4n) is 2.30. The number of amides is 1. The minimum Gasteiger partial charge on any atom is -0.487 e. The van der Waals surface area contributed by atoms with E-state index in [1.807, 2.05) is 30.3 Å². The molecular weight excluding hydrogens is 300 g/mol. The van der Waals surface area contributed by atoms with Crippen molar-refractivity contribution in [2.24, 2.45) is 0 Å². The molecule has 1 aliphatic carbocycles. The van der Waals surface area contributed by atoms with E-state index in [-0.39, 0.29) is 5.91 Å². The van der Waals surface area contributed by atoms with Gasteiger partial charge in [-0.3, -0.25) is 4.79 Å². The van der Waals surface area contributed by atoms with E-state index in [4.69, 9.17) is 10.5 Å². The van der Waals surface area contributed by atoms with Gasteiger partial charge in [0.05, 0.1) is 5.69 Å². The van der Waals surface area contributed by atoms with E-state index < -0.39 is 0 Å². The molecule has 1 aliphatic rings. The number of aryl methyl sites for hydroxylation is 1. The summed E-state index contributed by atoms with van der Waals surface area (Å²) in [5.74, 6) is 0.589. The highest BCUT2D eigenvalue weighted by molar-refractivity contribution is 5.92. The summed E-state index contributed by atoms with van der Waals surface area (Å²) in [6.45, 7) is 2.53. The maximum atomic E-state index is 11.6. The number of hydrogen-bond donors (Lipinski definition) is 2. The zero-order chi connectivity index (χ0) is 16.9. The number of carbonyl (C=O) groups is 1. The van der Waals surface area contributed by atoms with E-state index in [2.05, 4.69) is 24.4 Å². The van der Waals surface area contributed by atoms with Crippen LogP contribution in [0.1, 0.15) is 29.5 Å². The van der Waals surface area contributed by atoms with Crippen LogP contribution in [-0.2, 0) is 11.4 Å². The average molecular weight is 322 g/mol. The molecule has 0 spiro atoms. The first kappa shape index (κ1) is 16.1. The third kappa shape index (κ3) is 4.62. The van der Waals surface area contributed by atoms with Gasteiger partial charge in [-0.05, 0) is 49.1 Å². The van der Waals surface area contributed by atoms with Crippen LogP contribution in [-0.4, -0.2) is 11.9 Å². The first-order valence-corrected chi connectivity index (χ1v) is 8.16. The summed E-state index contributed by atoms with van der Waals surface area (Å²) in [6, 6.07) is 14.1. The molecule has 3 rings (SSSR count). The maximum Gasteiger partial charge on any atom is 0.244 e. The van der Waals surface area contributed by atoms with Crippen molar-refractivity contribution >= 4 is 17.7 Å². The first-order valence-electron chi connectivity index (χ1n) is 8.16. The molecule has 1 saturated carbocycles. The second kappa shape index (κ2) is 7.21. The van der Waals surface area contributed by atoms with Gasteiger partial charge in [-0.25, -0.2) is 0 Å². The van der Waals surface area contributed by atoms with Crippen molar-refractivity contribution in [2.75, 3.05) is 5.73 Å². The van der Waals surface area contributed by atoms with Crippen LogP contribution < -0.4 is 15.8 Å². The van der Waals surface area contributed by atoms with Crippen LogP contribution in [0.2, 0.25) is 0 Å². The molecule has 0 unspecified atom stereocenters. The standard InChI is InChI=1S/C20H22N2O2/c1-14-2-4-16(5-3-14)13-24-19-10-6-15(12-18(19)21)7-11-20(23)22-17-8-9-17/h2-7,10-12,17H,8-9,13,21H2,1H3,(H,22,23)/b11-7-. The van der Waals surface area contributed by atoms with Crippen molar-refractivity contribution < 1.29 is 9.53 Å². The van der Waals surface area contributed by atoms with Gasteiger partial charge in [-0.15, -0.1) is 0 Å². The molecule has 3 N–H and O–H groups in total. The number of nitrogen functional groups attached to an aromatic ring is 1. The minimum absolute atomic E-state index is 0.0595. The van der Waals surface area contributed by atoms with E-state index in [1.165, 1.54) is 5.56 Å². The van der Waals surface area contributed by atoms with E-state index in [1.54, 1.807) is 12.2 Å². The van der Waals surface area contributed by atoms with Crippen LogP contribution in [0, 0.1) is 6.92 Å². The molecule has 4 heteroatoms. The van der Waals surface area contributed by atoms with E-state index in [0.717, 1.165) is 24.0 Å². The minimum atomic E-state index is -0.0595. The lowest BCUT2D eigenvalue weighted by molar-refractivity contribution is -0.116. The molecule has 2 aromatic carbocycles. The summed E-state index contributed by atoms with van der Waals surface area (Å²) in [4.78, 5) is 11.6. The Balaban J connectivity index is 1.58. The van der Waals surface area contributed by atoms with Crippen LogP contribution in [0.15, 0.2) is 48.5 Å². The lowest BCUT2D eigenvalue weighted by atomic mass is 10.1. The van der Waals surface area contributed by atoms with Gasteiger partial charge in [0, 0.05) is 12.1 Å². The molecule has 0 bridgehead atoms. The van der Waals surface area contributed by atoms with Crippen molar-refractivity contribution in [1.29, 1.82) is 0 Å². The predicted octanol–water partition coefficient (Wildman–Crippen LogP) is 3.45. The summed E-state index contributed by atoms with van der Waals surface area (Å²) in [5.41, 5.74) is 9.81. The van der Waals surface area contributed by atoms with Gasteiger partial charge in [-0.1, -0.05) is 35.9 Å². The fourth-order valence-corrected chi connectivity index (χ4v) is 2.30. The highest BCUT2D eigenvalue weighted by Gasteiger charge is 2.21. The number of benzene rings is 2. The highest BCUT2D eigenvalue weighted by Crippen LogP contribution is 2.24. The lowest BCUT2D eigenvalue weighted by Crippen LogP contribution is -2.22. The summed E-state index contributed by atoms with van der Waals surface area (Å²) in [5, 5.41) is 2.91. The number of nitrogens with one attached hydrogen (secondary N) is 1. The molecule has 0 atom stereocenters. The predicted molar refractivity (Wildman–Crippen MR) is 96.6 cm³/mol. The summed E-state index contributed by atoms with van der Waals surface area (Å²) >= 11 is 0. The second-order valence-electron chi connectivity index (χ2n) is 6.19. The molecule has 124 valence electrons. The van der Waals surface area contributed by atoms with Gasteiger partial charge in [0.15, 0.2) is 0 Å². The van der Waals surface area contributed by atoms with Crippen LogP contribution >= 0.6 is 0 Å². The van der Waals surface area contributed by atoms with Crippen LogP contribution in [0.3, 0.4) is 0 Å². The number of nitrogens with two attached hydrogens (primary N) is 1. The second-order valence-corrected chi connectivity index (χ2v) is 6.19. The molecular formula is C20H22N2O2.